The van der Waals surface area contributed by atoms with Crippen LogP contribution in [-0.4, -0.2) is 17.6 Å². The number of anilines is 1. The Labute approximate surface area is 175 Å². The third-order valence-corrected chi connectivity index (χ3v) is 6.20. The van der Waals surface area contributed by atoms with E-state index in [0.29, 0.717) is 18.0 Å². The molecule has 7 heteroatoms. The predicted molar refractivity (Wildman–Crippen MR) is 115 cm³/mol. The molecule has 0 saturated heterocycles. The van der Waals surface area contributed by atoms with E-state index in [1.165, 1.54) is 25.7 Å². The minimum atomic E-state index is -0.367. The maximum Gasteiger partial charge on any atom is 0.346 e. The van der Waals surface area contributed by atoms with E-state index in [0.717, 1.165) is 27.7 Å². The molecular formula is C22H26N4O2S. The van der Waals surface area contributed by atoms with Gasteiger partial charge in [-0.2, -0.15) is 5.26 Å². The third kappa shape index (κ3) is 5.66. The SMILES string of the molecule is C=CCONC(=O)N(Cc1cccc(C#N)c1)c1sc(CC2CCCC2)nc1C. The standard InChI is InChI=1S/C22H26N4O2S/c1-3-11-28-25-22(27)26(15-19-10-6-9-18(12-19)14-23)21-16(2)24-20(29-21)13-17-7-4-5-8-17/h3,6,9-10,12,17H,1,4-5,7-8,11,13,15H2,2H3,(H,25,27). The Kier molecular flexibility index (Phi) is 7.39. The van der Waals surface area contributed by atoms with Crippen LogP contribution < -0.4 is 10.4 Å². The summed E-state index contributed by atoms with van der Waals surface area (Å²) in [4.78, 5) is 24.4. The molecule has 1 heterocycles. The fourth-order valence-corrected chi connectivity index (χ4v) is 4.79. The van der Waals surface area contributed by atoms with Crippen molar-refractivity contribution in [1.29, 1.82) is 5.26 Å². The number of rotatable bonds is 8. The summed E-state index contributed by atoms with van der Waals surface area (Å²) in [5, 5.41) is 11.0. The van der Waals surface area contributed by atoms with E-state index < -0.39 is 0 Å². The molecule has 0 aliphatic heterocycles. The van der Waals surface area contributed by atoms with Gasteiger partial charge in [-0.05, 0) is 30.5 Å². The first-order valence-electron chi connectivity index (χ1n) is 9.86. The number of nitriles is 1. The normalized spacial score (nSPS) is 13.8. The number of aryl methyl sites for hydroxylation is 1. The van der Waals surface area contributed by atoms with Crippen LogP contribution in [0.1, 0.15) is 47.5 Å². The van der Waals surface area contributed by atoms with Crippen molar-refractivity contribution in [2.45, 2.75) is 45.6 Å². The average molecular weight is 411 g/mol. The zero-order valence-electron chi connectivity index (χ0n) is 16.7. The zero-order chi connectivity index (χ0) is 20.6. The lowest BCUT2D eigenvalue weighted by atomic mass is 10.1. The summed E-state index contributed by atoms with van der Waals surface area (Å²) in [5.74, 6) is 0.693. The lowest BCUT2D eigenvalue weighted by Gasteiger charge is -2.22. The van der Waals surface area contributed by atoms with Gasteiger partial charge >= 0.3 is 6.03 Å². The molecular weight excluding hydrogens is 384 g/mol. The Morgan fingerprint density at radius 2 is 2.28 bits per heavy atom. The molecule has 1 aromatic heterocycles. The van der Waals surface area contributed by atoms with E-state index in [9.17, 15) is 4.79 Å². The smallest absolute Gasteiger partial charge is 0.278 e. The number of hydrogen-bond donors (Lipinski definition) is 1. The van der Waals surface area contributed by atoms with Gasteiger partial charge < -0.3 is 0 Å². The quantitative estimate of drug-likeness (QED) is 0.382. The summed E-state index contributed by atoms with van der Waals surface area (Å²) < 4.78 is 0. The van der Waals surface area contributed by atoms with E-state index in [1.54, 1.807) is 34.4 Å². The molecule has 152 valence electrons. The van der Waals surface area contributed by atoms with Crippen molar-refractivity contribution < 1.29 is 9.63 Å². The number of aromatic nitrogens is 1. The Morgan fingerprint density at radius 3 is 3.00 bits per heavy atom. The molecule has 0 atom stereocenters. The highest BCUT2D eigenvalue weighted by atomic mass is 32.1. The summed E-state index contributed by atoms with van der Waals surface area (Å²) in [5.41, 5.74) is 4.73. The van der Waals surface area contributed by atoms with E-state index in [1.807, 2.05) is 19.1 Å². The van der Waals surface area contributed by atoms with Gasteiger partial charge in [-0.3, -0.25) is 9.74 Å². The van der Waals surface area contributed by atoms with Gasteiger partial charge in [0, 0.05) is 6.42 Å². The van der Waals surface area contributed by atoms with Crippen molar-refractivity contribution in [1.82, 2.24) is 10.5 Å². The van der Waals surface area contributed by atoms with Crippen LogP contribution in [0.25, 0.3) is 0 Å². The molecule has 1 N–H and O–H groups in total. The molecule has 1 aliphatic carbocycles. The Morgan fingerprint density at radius 1 is 1.48 bits per heavy atom. The summed E-state index contributed by atoms with van der Waals surface area (Å²) in [6.45, 7) is 6.06. The molecule has 0 unspecified atom stereocenters. The minimum Gasteiger partial charge on any atom is -0.278 e. The molecule has 0 bridgehead atoms. The maximum atomic E-state index is 12.9. The number of thiazole rings is 1. The Bertz CT molecular complexity index is 896. The van der Waals surface area contributed by atoms with Crippen molar-refractivity contribution in [3.05, 3.63) is 58.7 Å². The van der Waals surface area contributed by atoms with Gasteiger partial charge in [0.1, 0.15) is 5.00 Å². The molecule has 0 spiro atoms. The summed E-state index contributed by atoms with van der Waals surface area (Å²) in [6.07, 6.45) is 7.65. The van der Waals surface area contributed by atoms with E-state index in [2.05, 4.69) is 18.1 Å². The molecule has 29 heavy (non-hydrogen) atoms. The number of hydroxylamine groups is 1. The number of carbonyl (C=O) groups excluding carboxylic acids is 1. The largest absolute Gasteiger partial charge is 0.346 e. The lowest BCUT2D eigenvalue weighted by molar-refractivity contribution is 0.0843. The summed E-state index contributed by atoms with van der Waals surface area (Å²) in [6, 6.07) is 9.04. The lowest BCUT2D eigenvalue weighted by Crippen LogP contribution is -2.39. The molecule has 1 aromatic carbocycles. The van der Waals surface area contributed by atoms with Gasteiger partial charge in [-0.15, -0.1) is 17.9 Å². The first kappa shape index (κ1) is 21.0. The van der Waals surface area contributed by atoms with E-state index >= 15 is 0 Å². The number of nitrogens with one attached hydrogen (secondary N) is 1. The highest BCUT2D eigenvalue weighted by Gasteiger charge is 2.24. The summed E-state index contributed by atoms with van der Waals surface area (Å²) in [7, 11) is 0. The number of carbonyl (C=O) groups is 1. The fraction of sp³-hybridized carbons (Fsp3) is 0.409. The number of hydrogen-bond acceptors (Lipinski definition) is 5. The predicted octanol–water partition coefficient (Wildman–Crippen LogP) is 4.89. The van der Waals surface area contributed by atoms with Gasteiger partial charge in [-0.25, -0.2) is 15.3 Å². The van der Waals surface area contributed by atoms with Gasteiger partial charge in [0.25, 0.3) is 0 Å². The maximum absolute atomic E-state index is 12.9. The van der Waals surface area contributed by atoms with Gasteiger partial charge in [-0.1, -0.05) is 43.9 Å². The first-order chi connectivity index (χ1) is 14.1. The second-order valence-electron chi connectivity index (χ2n) is 7.26. The fourth-order valence-electron chi connectivity index (χ4n) is 3.62. The van der Waals surface area contributed by atoms with Crippen LogP contribution in [-0.2, 0) is 17.8 Å². The highest BCUT2D eigenvalue weighted by Crippen LogP contribution is 2.34. The van der Waals surface area contributed by atoms with Crippen LogP contribution >= 0.6 is 11.3 Å². The Hall–Kier alpha value is -2.69. The van der Waals surface area contributed by atoms with Crippen molar-refractivity contribution in [2.24, 2.45) is 5.92 Å². The van der Waals surface area contributed by atoms with Crippen molar-refractivity contribution in [2.75, 3.05) is 11.5 Å². The average Bonchev–Trinajstić information content (AvgIpc) is 3.36. The van der Waals surface area contributed by atoms with Crippen LogP contribution in [0.5, 0.6) is 0 Å². The number of benzene rings is 1. The second kappa shape index (κ2) is 10.2. The number of nitrogens with zero attached hydrogens (tertiary/aromatic N) is 3. The number of amides is 2. The molecule has 6 nitrogen and oxygen atoms in total. The second-order valence-corrected chi connectivity index (χ2v) is 8.32. The molecule has 0 radical (unpaired) electrons. The molecule has 1 fully saturated rings. The molecule has 1 saturated carbocycles. The molecule has 2 aromatic rings. The van der Waals surface area contributed by atoms with Gasteiger partial charge in [0.2, 0.25) is 0 Å². The molecule has 1 aliphatic rings. The van der Waals surface area contributed by atoms with Gasteiger partial charge in [0.05, 0.1) is 35.5 Å². The minimum absolute atomic E-state index is 0.220. The Balaban J connectivity index is 1.83. The summed E-state index contributed by atoms with van der Waals surface area (Å²) >= 11 is 1.56. The van der Waals surface area contributed by atoms with Crippen molar-refractivity contribution >= 4 is 22.4 Å². The van der Waals surface area contributed by atoms with Crippen molar-refractivity contribution in [3.63, 3.8) is 0 Å². The van der Waals surface area contributed by atoms with Crippen LogP contribution in [0, 0.1) is 24.2 Å². The topological polar surface area (TPSA) is 78.2 Å². The molecule has 3 rings (SSSR count). The van der Waals surface area contributed by atoms with Crippen LogP contribution in [0.15, 0.2) is 36.9 Å². The van der Waals surface area contributed by atoms with Crippen LogP contribution in [0.3, 0.4) is 0 Å². The first-order valence-corrected chi connectivity index (χ1v) is 10.7. The van der Waals surface area contributed by atoms with Crippen molar-refractivity contribution in [3.8, 4) is 6.07 Å². The molecule has 2 amide bonds. The van der Waals surface area contributed by atoms with Gasteiger partial charge in [0.15, 0.2) is 0 Å². The van der Waals surface area contributed by atoms with Crippen LogP contribution in [0.2, 0.25) is 0 Å². The monoisotopic (exact) mass is 410 g/mol. The third-order valence-electron chi connectivity index (χ3n) is 5.00. The van der Waals surface area contributed by atoms with E-state index in [-0.39, 0.29) is 12.6 Å². The van der Waals surface area contributed by atoms with Crippen LogP contribution in [0.4, 0.5) is 9.80 Å². The number of urea groups is 1. The zero-order valence-corrected chi connectivity index (χ0v) is 17.5. The highest BCUT2D eigenvalue weighted by molar-refractivity contribution is 7.16. The van der Waals surface area contributed by atoms with E-state index in [4.69, 9.17) is 15.1 Å².